The Bertz CT molecular complexity index is 412. The summed E-state index contributed by atoms with van der Waals surface area (Å²) in [6.07, 6.45) is 4.15. The Morgan fingerprint density at radius 2 is 1.86 bits per heavy atom. The highest BCUT2D eigenvalue weighted by Crippen LogP contribution is 2.25. The van der Waals surface area contributed by atoms with Crippen LogP contribution >= 0.6 is 0 Å². The topological polar surface area (TPSA) is 18.5 Å². The molecule has 1 N–H and O–H groups in total. The lowest BCUT2D eigenvalue weighted by Gasteiger charge is -2.38. The number of hydrogen-bond donors (Lipinski definition) is 1. The molecule has 116 valence electrons. The number of likely N-dealkylation sites (tertiary alicyclic amines) is 1. The van der Waals surface area contributed by atoms with Crippen molar-refractivity contribution in [3.8, 4) is 0 Å². The van der Waals surface area contributed by atoms with Gasteiger partial charge in [0.2, 0.25) is 0 Å². The predicted molar refractivity (Wildman–Crippen MR) is 88.5 cm³/mol. The molecule has 0 spiro atoms. The van der Waals surface area contributed by atoms with Crippen LogP contribution in [0.3, 0.4) is 0 Å². The van der Waals surface area contributed by atoms with Gasteiger partial charge in [0, 0.05) is 25.7 Å². The maximum absolute atomic E-state index is 3.56. The van der Waals surface area contributed by atoms with Gasteiger partial charge < -0.3 is 10.2 Å². The van der Waals surface area contributed by atoms with E-state index in [0.29, 0.717) is 6.04 Å². The first-order valence-corrected chi connectivity index (χ1v) is 8.51. The number of piperidine rings is 1. The highest BCUT2D eigenvalue weighted by atomic mass is 15.2. The van der Waals surface area contributed by atoms with Crippen LogP contribution in [0, 0.1) is 5.92 Å². The largest absolute Gasteiger partial charge is 0.314 e. The lowest BCUT2D eigenvalue weighted by Crippen LogP contribution is -2.46. The molecule has 1 aromatic carbocycles. The van der Waals surface area contributed by atoms with E-state index < -0.39 is 0 Å². The van der Waals surface area contributed by atoms with Gasteiger partial charge in [-0.05, 0) is 57.4 Å². The molecule has 2 aliphatic rings. The third kappa shape index (κ3) is 4.06. The molecule has 21 heavy (non-hydrogen) atoms. The van der Waals surface area contributed by atoms with Crippen molar-refractivity contribution in [2.45, 2.75) is 25.3 Å². The van der Waals surface area contributed by atoms with Crippen molar-refractivity contribution in [3.05, 3.63) is 35.9 Å². The fourth-order valence-electron chi connectivity index (χ4n) is 3.72. The lowest BCUT2D eigenvalue weighted by atomic mass is 9.93. The zero-order valence-electron chi connectivity index (χ0n) is 13.3. The number of benzene rings is 1. The Morgan fingerprint density at radius 1 is 1.10 bits per heavy atom. The summed E-state index contributed by atoms with van der Waals surface area (Å²) in [6.45, 7) is 7.25. The first kappa shape index (κ1) is 15.0. The van der Waals surface area contributed by atoms with E-state index in [4.69, 9.17) is 0 Å². The Morgan fingerprint density at radius 3 is 2.62 bits per heavy atom. The van der Waals surface area contributed by atoms with Gasteiger partial charge in [-0.1, -0.05) is 30.3 Å². The van der Waals surface area contributed by atoms with E-state index in [1.165, 1.54) is 51.0 Å². The third-order valence-corrected chi connectivity index (χ3v) is 5.20. The van der Waals surface area contributed by atoms with Gasteiger partial charge in [-0.3, -0.25) is 4.90 Å². The molecule has 2 fully saturated rings. The predicted octanol–water partition coefficient (Wildman–Crippen LogP) is 2.36. The Kier molecular flexibility index (Phi) is 5.28. The molecule has 2 saturated heterocycles. The summed E-state index contributed by atoms with van der Waals surface area (Å²) in [4.78, 5) is 5.16. The summed E-state index contributed by atoms with van der Waals surface area (Å²) >= 11 is 0. The quantitative estimate of drug-likeness (QED) is 0.917. The summed E-state index contributed by atoms with van der Waals surface area (Å²) in [6, 6.07) is 11.6. The number of hydrogen-bond acceptors (Lipinski definition) is 3. The monoisotopic (exact) mass is 287 g/mol. The van der Waals surface area contributed by atoms with E-state index in [2.05, 4.69) is 52.5 Å². The molecule has 2 aliphatic heterocycles. The van der Waals surface area contributed by atoms with Crippen molar-refractivity contribution in [3.63, 3.8) is 0 Å². The van der Waals surface area contributed by atoms with Crippen LogP contribution in [-0.4, -0.2) is 56.1 Å². The summed E-state index contributed by atoms with van der Waals surface area (Å²) in [5, 5.41) is 3.56. The van der Waals surface area contributed by atoms with Crippen LogP contribution in [0.5, 0.6) is 0 Å². The van der Waals surface area contributed by atoms with Crippen LogP contribution in [0.25, 0.3) is 0 Å². The SMILES string of the molecule is CN1CCC(CCN2CCNCC2c2ccccc2)CC1. The minimum Gasteiger partial charge on any atom is -0.314 e. The smallest absolute Gasteiger partial charge is 0.0473 e. The molecule has 1 atom stereocenters. The molecular formula is C18H29N3. The Labute approximate surface area is 129 Å². The first-order valence-electron chi connectivity index (χ1n) is 8.51. The molecule has 0 saturated carbocycles. The summed E-state index contributed by atoms with van der Waals surface area (Å²) in [7, 11) is 2.25. The molecule has 3 rings (SSSR count). The molecule has 0 amide bonds. The molecule has 1 unspecified atom stereocenters. The zero-order chi connectivity index (χ0) is 14.5. The number of rotatable bonds is 4. The maximum Gasteiger partial charge on any atom is 0.0473 e. The minimum absolute atomic E-state index is 0.561. The zero-order valence-corrected chi connectivity index (χ0v) is 13.3. The van der Waals surface area contributed by atoms with Gasteiger partial charge in [-0.15, -0.1) is 0 Å². The average Bonchev–Trinajstić information content (AvgIpc) is 2.55. The molecule has 0 bridgehead atoms. The van der Waals surface area contributed by atoms with Crippen LogP contribution in [0.2, 0.25) is 0 Å². The Balaban J connectivity index is 1.55. The van der Waals surface area contributed by atoms with Gasteiger partial charge in [0.05, 0.1) is 0 Å². The first-order chi connectivity index (χ1) is 10.3. The molecule has 0 radical (unpaired) electrons. The van der Waals surface area contributed by atoms with Crippen LogP contribution in [0.15, 0.2) is 30.3 Å². The molecule has 0 aromatic heterocycles. The highest BCUT2D eigenvalue weighted by Gasteiger charge is 2.25. The molecule has 2 heterocycles. The average molecular weight is 287 g/mol. The maximum atomic E-state index is 3.56. The molecule has 0 aliphatic carbocycles. The fraction of sp³-hybridized carbons (Fsp3) is 0.667. The van der Waals surface area contributed by atoms with Crippen LogP contribution < -0.4 is 5.32 Å². The van der Waals surface area contributed by atoms with Crippen molar-refractivity contribution in [2.75, 3.05) is 46.3 Å². The second-order valence-electron chi connectivity index (χ2n) is 6.70. The van der Waals surface area contributed by atoms with Gasteiger partial charge in [0.1, 0.15) is 0 Å². The van der Waals surface area contributed by atoms with Gasteiger partial charge in [0.15, 0.2) is 0 Å². The summed E-state index contributed by atoms with van der Waals surface area (Å²) < 4.78 is 0. The molecule has 3 heteroatoms. The van der Waals surface area contributed by atoms with E-state index in [1.807, 2.05) is 0 Å². The van der Waals surface area contributed by atoms with E-state index in [9.17, 15) is 0 Å². The van der Waals surface area contributed by atoms with Crippen LogP contribution in [0.1, 0.15) is 30.9 Å². The lowest BCUT2D eigenvalue weighted by molar-refractivity contribution is 0.135. The second-order valence-corrected chi connectivity index (χ2v) is 6.70. The second kappa shape index (κ2) is 7.39. The van der Waals surface area contributed by atoms with Crippen molar-refractivity contribution in [1.82, 2.24) is 15.1 Å². The van der Waals surface area contributed by atoms with E-state index in [1.54, 1.807) is 0 Å². The van der Waals surface area contributed by atoms with Crippen LogP contribution in [-0.2, 0) is 0 Å². The molecule has 3 nitrogen and oxygen atoms in total. The number of nitrogens with one attached hydrogen (secondary N) is 1. The third-order valence-electron chi connectivity index (χ3n) is 5.20. The van der Waals surface area contributed by atoms with Gasteiger partial charge in [-0.2, -0.15) is 0 Å². The van der Waals surface area contributed by atoms with Gasteiger partial charge >= 0.3 is 0 Å². The van der Waals surface area contributed by atoms with E-state index in [0.717, 1.165) is 19.0 Å². The van der Waals surface area contributed by atoms with E-state index in [-0.39, 0.29) is 0 Å². The molecular weight excluding hydrogens is 258 g/mol. The van der Waals surface area contributed by atoms with Crippen molar-refractivity contribution in [2.24, 2.45) is 5.92 Å². The number of piperazine rings is 1. The minimum atomic E-state index is 0.561. The molecule has 1 aromatic rings. The van der Waals surface area contributed by atoms with Crippen molar-refractivity contribution < 1.29 is 0 Å². The summed E-state index contributed by atoms with van der Waals surface area (Å²) in [5.41, 5.74) is 1.47. The van der Waals surface area contributed by atoms with Crippen LogP contribution in [0.4, 0.5) is 0 Å². The summed E-state index contributed by atoms with van der Waals surface area (Å²) in [5.74, 6) is 0.938. The van der Waals surface area contributed by atoms with Crippen molar-refractivity contribution >= 4 is 0 Å². The number of nitrogens with zero attached hydrogens (tertiary/aromatic N) is 2. The normalized spacial score (nSPS) is 26.0. The van der Waals surface area contributed by atoms with E-state index >= 15 is 0 Å². The Hall–Kier alpha value is -0.900. The highest BCUT2D eigenvalue weighted by molar-refractivity contribution is 5.20. The van der Waals surface area contributed by atoms with Gasteiger partial charge in [-0.25, -0.2) is 0 Å². The fourth-order valence-corrected chi connectivity index (χ4v) is 3.72. The standard InChI is InChI=1S/C18H29N3/c1-20-11-7-16(8-12-20)9-13-21-14-10-19-15-18(21)17-5-3-2-4-6-17/h2-6,16,18-19H,7-15H2,1H3. The van der Waals surface area contributed by atoms with Crippen molar-refractivity contribution in [1.29, 1.82) is 0 Å². The van der Waals surface area contributed by atoms with Gasteiger partial charge in [0.25, 0.3) is 0 Å².